The van der Waals surface area contributed by atoms with E-state index >= 15 is 0 Å². The van der Waals surface area contributed by atoms with Crippen LogP contribution in [0.15, 0.2) is 0 Å². The first kappa shape index (κ1) is 15.3. The Morgan fingerprint density at radius 1 is 1.05 bits per heavy atom. The molecule has 19 heavy (non-hydrogen) atoms. The van der Waals surface area contributed by atoms with Gasteiger partial charge in [0.1, 0.15) is 0 Å². The Morgan fingerprint density at radius 2 is 1.74 bits per heavy atom. The summed E-state index contributed by atoms with van der Waals surface area (Å²) in [4.78, 5) is 4.98. The molecule has 0 unspecified atom stereocenters. The fraction of sp³-hybridized carbons (Fsp3) is 1.00. The minimum atomic E-state index is 0.927. The average molecular weight is 267 g/mol. The average Bonchev–Trinajstić information content (AvgIpc) is 2.91. The zero-order valence-corrected chi connectivity index (χ0v) is 13.0. The smallest absolute Gasteiger partial charge is 0.0104 e. The lowest BCUT2D eigenvalue weighted by molar-refractivity contribution is 0.176. The van der Waals surface area contributed by atoms with Crippen LogP contribution in [-0.2, 0) is 0 Å². The van der Waals surface area contributed by atoms with Gasteiger partial charge in [-0.2, -0.15) is 0 Å². The van der Waals surface area contributed by atoms with E-state index in [1.807, 2.05) is 0 Å². The summed E-state index contributed by atoms with van der Waals surface area (Å²) in [6, 6.07) is 0. The number of likely N-dealkylation sites (tertiary alicyclic amines) is 1. The topological polar surface area (TPSA) is 18.5 Å². The Balaban J connectivity index is 1.48. The molecule has 3 nitrogen and oxygen atoms in total. The van der Waals surface area contributed by atoms with E-state index in [-0.39, 0.29) is 0 Å². The molecule has 2 rings (SSSR count). The number of hydrogen-bond donors (Lipinski definition) is 1. The Morgan fingerprint density at radius 3 is 2.42 bits per heavy atom. The van der Waals surface area contributed by atoms with Crippen molar-refractivity contribution in [1.82, 2.24) is 15.1 Å². The van der Waals surface area contributed by atoms with Gasteiger partial charge in [-0.15, -0.1) is 0 Å². The number of likely N-dealkylation sites (N-methyl/N-ethyl adjacent to an activating group) is 1. The van der Waals surface area contributed by atoms with Crippen LogP contribution >= 0.6 is 0 Å². The second kappa shape index (κ2) is 8.23. The summed E-state index contributed by atoms with van der Waals surface area (Å²) in [5.74, 6) is 1.90. The first-order chi connectivity index (χ1) is 9.24. The molecule has 0 aromatic heterocycles. The van der Waals surface area contributed by atoms with Crippen LogP contribution < -0.4 is 5.32 Å². The van der Waals surface area contributed by atoms with E-state index in [0.29, 0.717) is 0 Å². The molecule has 1 heterocycles. The molecule has 2 aliphatic rings. The SMILES string of the molecule is CN1CCC(CN(C)CCNCC2CCCC2)CC1. The quantitative estimate of drug-likeness (QED) is 0.712. The molecule has 1 aliphatic heterocycles. The highest BCUT2D eigenvalue weighted by atomic mass is 15.1. The van der Waals surface area contributed by atoms with Crippen LogP contribution in [0.25, 0.3) is 0 Å². The van der Waals surface area contributed by atoms with Gasteiger partial charge in [0.25, 0.3) is 0 Å². The lowest BCUT2D eigenvalue weighted by Crippen LogP contribution is -2.38. The molecule has 0 atom stereocenters. The van der Waals surface area contributed by atoms with Crippen molar-refractivity contribution in [2.24, 2.45) is 11.8 Å². The van der Waals surface area contributed by atoms with Crippen molar-refractivity contribution in [3.05, 3.63) is 0 Å². The lowest BCUT2D eigenvalue weighted by Gasteiger charge is -2.31. The van der Waals surface area contributed by atoms with Crippen LogP contribution in [-0.4, -0.2) is 63.2 Å². The second-order valence-electron chi connectivity index (χ2n) is 6.86. The molecule has 0 radical (unpaired) electrons. The molecule has 0 bridgehead atoms. The van der Waals surface area contributed by atoms with Gasteiger partial charge in [0.05, 0.1) is 0 Å². The molecule has 0 aromatic rings. The van der Waals surface area contributed by atoms with Gasteiger partial charge in [0.2, 0.25) is 0 Å². The van der Waals surface area contributed by atoms with Crippen LogP contribution in [0.1, 0.15) is 38.5 Å². The van der Waals surface area contributed by atoms with Gasteiger partial charge < -0.3 is 15.1 Å². The molecule has 3 heteroatoms. The van der Waals surface area contributed by atoms with Crippen LogP contribution in [0, 0.1) is 11.8 Å². The maximum absolute atomic E-state index is 3.65. The normalized spacial score (nSPS) is 23.5. The highest BCUT2D eigenvalue weighted by Gasteiger charge is 2.18. The van der Waals surface area contributed by atoms with E-state index in [4.69, 9.17) is 0 Å². The summed E-state index contributed by atoms with van der Waals surface area (Å²) in [5.41, 5.74) is 0. The molecule has 1 aliphatic carbocycles. The van der Waals surface area contributed by atoms with Crippen LogP contribution in [0.4, 0.5) is 0 Å². The van der Waals surface area contributed by atoms with Crippen molar-refractivity contribution in [3.63, 3.8) is 0 Å². The van der Waals surface area contributed by atoms with Crippen molar-refractivity contribution >= 4 is 0 Å². The molecule has 0 amide bonds. The van der Waals surface area contributed by atoms with Crippen molar-refractivity contribution in [1.29, 1.82) is 0 Å². The number of piperidine rings is 1. The monoisotopic (exact) mass is 267 g/mol. The standard InChI is InChI=1S/C16H33N3/c1-18-10-7-16(8-11-18)14-19(2)12-9-17-13-15-5-3-4-6-15/h15-17H,3-14H2,1-2H3. The molecule has 0 spiro atoms. The van der Waals surface area contributed by atoms with Crippen molar-refractivity contribution in [2.75, 3.05) is 53.4 Å². The number of nitrogens with zero attached hydrogens (tertiary/aromatic N) is 2. The lowest BCUT2D eigenvalue weighted by atomic mass is 9.97. The molecule has 1 saturated carbocycles. The van der Waals surface area contributed by atoms with Crippen LogP contribution in [0.3, 0.4) is 0 Å². The van der Waals surface area contributed by atoms with Gasteiger partial charge in [0.15, 0.2) is 0 Å². The molecule has 2 fully saturated rings. The van der Waals surface area contributed by atoms with Gasteiger partial charge in [-0.05, 0) is 71.2 Å². The van der Waals surface area contributed by atoms with Gasteiger partial charge in [-0.1, -0.05) is 12.8 Å². The Labute approximate surface area is 119 Å². The molecular weight excluding hydrogens is 234 g/mol. The third kappa shape index (κ3) is 5.80. The van der Waals surface area contributed by atoms with E-state index in [9.17, 15) is 0 Å². The van der Waals surface area contributed by atoms with Crippen molar-refractivity contribution in [3.8, 4) is 0 Å². The maximum atomic E-state index is 3.65. The molecule has 0 aromatic carbocycles. The Hall–Kier alpha value is -0.120. The zero-order chi connectivity index (χ0) is 13.5. The summed E-state index contributed by atoms with van der Waals surface area (Å²) in [6.45, 7) is 7.50. The molecular formula is C16H33N3. The summed E-state index contributed by atoms with van der Waals surface area (Å²) in [7, 11) is 4.53. The summed E-state index contributed by atoms with van der Waals surface area (Å²) < 4.78 is 0. The zero-order valence-electron chi connectivity index (χ0n) is 13.0. The number of nitrogens with one attached hydrogen (secondary N) is 1. The number of hydrogen-bond acceptors (Lipinski definition) is 3. The first-order valence-corrected chi connectivity index (χ1v) is 8.32. The Bertz CT molecular complexity index is 230. The third-order valence-corrected chi connectivity index (χ3v) is 4.99. The first-order valence-electron chi connectivity index (χ1n) is 8.32. The number of rotatable bonds is 7. The van der Waals surface area contributed by atoms with Crippen LogP contribution in [0.2, 0.25) is 0 Å². The molecule has 1 saturated heterocycles. The molecule has 1 N–H and O–H groups in total. The third-order valence-electron chi connectivity index (χ3n) is 4.99. The van der Waals surface area contributed by atoms with E-state index in [0.717, 1.165) is 11.8 Å². The fourth-order valence-corrected chi connectivity index (χ4v) is 3.57. The highest BCUT2D eigenvalue weighted by molar-refractivity contribution is 4.73. The van der Waals surface area contributed by atoms with Gasteiger partial charge in [-0.3, -0.25) is 0 Å². The molecule has 112 valence electrons. The van der Waals surface area contributed by atoms with Gasteiger partial charge >= 0.3 is 0 Å². The fourth-order valence-electron chi connectivity index (χ4n) is 3.57. The summed E-state index contributed by atoms with van der Waals surface area (Å²) >= 11 is 0. The Kier molecular flexibility index (Phi) is 6.62. The van der Waals surface area contributed by atoms with Gasteiger partial charge in [-0.25, -0.2) is 0 Å². The predicted molar refractivity (Wildman–Crippen MR) is 82.5 cm³/mol. The van der Waals surface area contributed by atoms with Crippen LogP contribution in [0.5, 0.6) is 0 Å². The van der Waals surface area contributed by atoms with Crippen molar-refractivity contribution in [2.45, 2.75) is 38.5 Å². The van der Waals surface area contributed by atoms with Gasteiger partial charge in [0, 0.05) is 19.6 Å². The predicted octanol–water partition coefficient (Wildman–Crippen LogP) is 2.04. The van der Waals surface area contributed by atoms with E-state index in [2.05, 4.69) is 29.2 Å². The van der Waals surface area contributed by atoms with E-state index in [1.165, 1.54) is 77.8 Å². The van der Waals surface area contributed by atoms with E-state index in [1.54, 1.807) is 0 Å². The minimum absolute atomic E-state index is 0.927. The second-order valence-corrected chi connectivity index (χ2v) is 6.86. The minimum Gasteiger partial charge on any atom is -0.315 e. The largest absolute Gasteiger partial charge is 0.315 e. The summed E-state index contributed by atoms with van der Waals surface area (Å²) in [6.07, 6.45) is 8.61. The van der Waals surface area contributed by atoms with Crippen molar-refractivity contribution < 1.29 is 0 Å². The highest BCUT2D eigenvalue weighted by Crippen LogP contribution is 2.23. The summed E-state index contributed by atoms with van der Waals surface area (Å²) in [5, 5.41) is 3.65. The maximum Gasteiger partial charge on any atom is 0.0104 e. The van der Waals surface area contributed by atoms with E-state index < -0.39 is 0 Å².